The van der Waals surface area contributed by atoms with Gasteiger partial charge >= 0.3 is 0 Å². The van der Waals surface area contributed by atoms with E-state index >= 15 is 0 Å². The van der Waals surface area contributed by atoms with Gasteiger partial charge in [0.2, 0.25) is 5.91 Å². The smallest absolute Gasteiger partial charge is 0.223 e. The molecule has 1 aliphatic heterocycles. The molecule has 0 radical (unpaired) electrons. The highest BCUT2D eigenvalue weighted by atomic mass is 16.1. The number of nitrogens with one attached hydrogen (secondary N) is 1. The predicted molar refractivity (Wildman–Crippen MR) is 140 cm³/mol. The second kappa shape index (κ2) is 10.3. The van der Waals surface area contributed by atoms with Crippen LogP contribution in [0.1, 0.15) is 37.4 Å². The predicted octanol–water partition coefficient (Wildman–Crippen LogP) is 5.06. The maximum absolute atomic E-state index is 12.9. The monoisotopic (exact) mass is 467 g/mol. The van der Waals surface area contributed by atoms with Gasteiger partial charge in [-0.1, -0.05) is 60.7 Å². The van der Waals surface area contributed by atoms with E-state index < -0.39 is 0 Å². The zero-order valence-electron chi connectivity index (χ0n) is 20.5. The molecule has 1 saturated heterocycles. The number of hydrogen-bond acceptors (Lipinski definition) is 4. The van der Waals surface area contributed by atoms with Gasteiger partial charge in [0.1, 0.15) is 5.82 Å². The van der Waals surface area contributed by atoms with Crippen molar-refractivity contribution in [2.24, 2.45) is 5.92 Å². The van der Waals surface area contributed by atoms with Crippen LogP contribution in [0.3, 0.4) is 0 Å². The molecule has 5 rings (SSSR count). The number of carbonyl (C=O) groups is 1. The first kappa shape index (κ1) is 23.1. The molecule has 1 amide bonds. The summed E-state index contributed by atoms with van der Waals surface area (Å²) in [5, 5.41) is 8.12. The Morgan fingerprint density at radius 2 is 1.71 bits per heavy atom. The minimum absolute atomic E-state index is 0.0568. The van der Waals surface area contributed by atoms with Crippen LogP contribution in [0.2, 0.25) is 0 Å². The molecule has 1 aliphatic rings. The van der Waals surface area contributed by atoms with Gasteiger partial charge in [-0.05, 0) is 45.1 Å². The topological polar surface area (TPSA) is 62.5 Å². The molecule has 2 aromatic heterocycles. The molecule has 1 fully saturated rings. The number of anilines is 1. The van der Waals surface area contributed by atoms with E-state index in [1.807, 2.05) is 41.8 Å². The SMILES string of the molecule is Cc1cc(N2CCC(C(=O)NC(C)CCc3ccccc3)CC2)n2nc(-c3ccccc3)cc2n1. The molecule has 180 valence electrons. The zero-order chi connectivity index (χ0) is 24.2. The molecule has 0 bridgehead atoms. The summed E-state index contributed by atoms with van der Waals surface area (Å²) >= 11 is 0. The Morgan fingerprint density at radius 1 is 1.03 bits per heavy atom. The number of rotatable bonds is 7. The van der Waals surface area contributed by atoms with Gasteiger partial charge in [0.05, 0.1) is 5.69 Å². The summed E-state index contributed by atoms with van der Waals surface area (Å²) in [5.41, 5.74) is 5.14. The lowest BCUT2D eigenvalue weighted by Gasteiger charge is -2.33. The molecule has 35 heavy (non-hydrogen) atoms. The van der Waals surface area contributed by atoms with Gasteiger partial charge in [-0.3, -0.25) is 4.79 Å². The third-order valence-electron chi connectivity index (χ3n) is 6.89. The van der Waals surface area contributed by atoms with E-state index in [1.165, 1.54) is 5.56 Å². The van der Waals surface area contributed by atoms with Crippen LogP contribution in [0.4, 0.5) is 5.82 Å². The highest BCUT2D eigenvalue weighted by Crippen LogP contribution is 2.27. The van der Waals surface area contributed by atoms with Crippen LogP contribution in [0.25, 0.3) is 16.9 Å². The lowest BCUT2D eigenvalue weighted by atomic mass is 9.95. The van der Waals surface area contributed by atoms with E-state index in [-0.39, 0.29) is 17.9 Å². The second-order valence-corrected chi connectivity index (χ2v) is 9.62. The number of amides is 1. The first-order chi connectivity index (χ1) is 17.1. The van der Waals surface area contributed by atoms with E-state index in [0.717, 1.165) is 67.2 Å². The average molecular weight is 468 g/mol. The van der Waals surface area contributed by atoms with E-state index in [4.69, 9.17) is 10.1 Å². The van der Waals surface area contributed by atoms with Crippen LogP contribution in [0, 0.1) is 12.8 Å². The van der Waals surface area contributed by atoms with Gasteiger partial charge in [0.15, 0.2) is 5.65 Å². The van der Waals surface area contributed by atoms with Crippen LogP contribution >= 0.6 is 0 Å². The van der Waals surface area contributed by atoms with Gasteiger partial charge < -0.3 is 10.2 Å². The molecule has 1 unspecified atom stereocenters. The van der Waals surface area contributed by atoms with Gasteiger partial charge in [-0.15, -0.1) is 0 Å². The maximum Gasteiger partial charge on any atom is 0.223 e. The normalized spacial score (nSPS) is 15.3. The van der Waals surface area contributed by atoms with Crippen molar-refractivity contribution in [3.63, 3.8) is 0 Å². The fraction of sp³-hybridized carbons (Fsp3) is 0.345. The molecule has 1 N–H and O–H groups in total. The van der Waals surface area contributed by atoms with E-state index in [0.29, 0.717) is 0 Å². The van der Waals surface area contributed by atoms with Crippen LogP contribution in [-0.2, 0) is 11.2 Å². The molecule has 0 aliphatic carbocycles. The number of piperidine rings is 1. The van der Waals surface area contributed by atoms with Crippen molar-refractivity contribution in [1.82, 2.24) is 19.9 Å². The van der Waals surface area contributed by atoms with E-state index in [2.05, 4.69) is 59.6 Å². The van der Waals surface area contributed by atoms with Gasteiger partial charge in [0, 0.05) is 48.4 Å². The Bertz CT molecular complexity index is 1280. The first-order valence-electron chi connectivity index (χ1n) is 12.6. The van der Waals surface area contributed by atoms with Crippen molar-refractivity contribution in [2.45, 2.75) is 45.6 Å². The van der Waals surface area contributed by atoms with Crippen LogP contribution < -0.4 is 10.2 Å². The number of aryl methyl sites for hydroxylation is 2. The van der Waals surface area contributed by atoms with Crippen molar-refractivity contribution in [3.05, 3.63) is 84.1 Å². The standard InChI is InChI=1S/C29H33N5O/c1-21(13-14-23-9-5-3-6-10-23)31-29(35)25-15-17-33(18-16-25)28-19-22(2)30-27-20-26(32-34(27)28)24-11-7-4-8-12-24/h3-12,19-21,25H,13-18H2,1-2H3,(H,31,35). The summed E-state index contributed by atoms with van der Waals surface area (Å²) in [5.74, 6) is 1.29. The minimum Gasteiger partial charge on any atom is -0.356 e. The van der Waals surface area contributed by atoms with Gasteiger partial charge in [-0.25, -0.2) is 4.98 Å². The summed E-state index contributed by atoms with van der Waals surface area (Å²) in [6.45, 7) is 5.79. The first-order valence-corrected chi connectivity index (χ1v) is 12.6. The number of aromatic nitrogens is 3. The number of fused-ring (bicyclic) bond motifs is 1. The molecule has 6 nitrogen and oxygen atoms in total. The Kier molecular flexibility index (Phi) is 6.80. The zero-order valence-corrected chi connectivity index (χ0v) is 20.5. The van der Waals surface area contributed by atoms with E-state index in [1.54, 1.807) is 0 Å². The fourth-order valence-corrected chi connectivity index (χ4v) is 4.89. The second-order valence-electron chi connectivity index (χ2n) is 9.62. The van der Waals surface area contributed by atoms with Crippen LogP contribution in [0.5, 0.6) is 0 Å². The summed E-state index contributed by atoms with van der Waals surface area (Å²) in [6, 6.07) is 25.0. The maximum atomic E-state index is 12.9. The fourth-order valence-electron chi connectivity index (χ4n) is 4.89. The molecule has 6 heteroatoms. The van der Waals surface area contributed by atoms with Crippen molar-refractivity contribution in [1.29, 1.82) is 0 Å². The van der Waals surface area contributed by atoms with Crippen molar-refractivity contribution < 1.29 is 4.79 Å². The largest absolute Gasteiger partial charge is 0.356 e. The quantitative estimate of drug-likeness (QED) is 0.413. The Balaban J connectivity index is 1.21. The van der Waals surface area contributed by atoms with Gasteiger partial charge in [0.25, 0.3) is 0 Å². The number of nitrogens with zero attached hydrogens (tertiary/aromatic N) is 4. The third-order valence-corrected chi connectivity index (χ3v) is 6.89. The molecule has 3 heterocycles. The lowest BCUT2D eigenvalue weighted by molar-refractivity contribution is -0.126. The van der Waals surface area contributed by atoms with Crippen molar-refractivity contribution >= 4 is 17.4 Å². The molecule has 2 aromatic carbocycles. The lowest BCUT2D eigenvalue weighted by Crippen LogP contribution is -2.43. The average Bonchev–Trinajstić information content (AvgIpc) is 3.32. The Hall–Kier alpha value is -3.67. The highest BCUT2D eigenvalue weighted by Gasteiger charge is 2.27. The number of carbonyl (C=O) groups excluding carboxylic acids is 1. The summed E-state index contributed by atoms with van der Waals surface area (Å²) in [4.78, 5) is 20.0. The molecular formula is C29H33N5O. The summed E-state index contributed by atoms with van der Waals surface area (Å²) < 4.78 is 1.95. The Labute approximate surface area is 207 Å². The highest BCUT2D eigenvalue weighted by molar-refractivity contribution is 5.79. The van der Waals surface area contributed by atoms with Crippen molar-refractivity contribution in [3.8, 4) is 11.3 Å². The number of hydrogen-bond donors (Lipinski definition) is 1. The number of benzene rings is 2. The van der Waals surface area contributed by atoms with Crippen molar-refractivity contribution in [2.75, 3.05) is 18.0 Å². The summed E-state index contributed by atoms with van der Waals surface area (Å²) in [7, 11) is 0. The molecular weight excluding hydrogens is 434 g/mol. The van der Waals surface area contributed by atoms with Crippen LogP contribution in [0.15, 0.2) is 72.8 Å². The molecule has 0 spiro atoms. The summed E-state index contributed by atoms with van der Waals surface area (Å²) in [6.07, 6.45) is 3.61. The Morgan fingerprint density at radius 3 is 2.43 bits per heavy atom. The molecule has 1 atom stereocenters. The minimum atomic E-state index is 0.0568. The molecule has 4 aromatic rings. The van der Waals surface area contributed by atoms with Gasteiger partial charge in [-0.2, -0.15) is 9.61 Å². The van der Waals surface area contributed by atoms with Crippen LogP contribution in [-0.4, -0.2) is 39.6 Å². The van der Waals surface area contributed by atoms with E-state index in [9.17, 15) is 4.79 Å². The molecule has 0 saturated carbocycles. The third kappa shape index (κ3) is 5.37.